The normalized spacial score (nSPS) is 24.8. The number of hydrogen-bond acceptors (Lipinski definition) is 8. The average Bonchev–Trinajstić information content (AvgIpc) is 3.18. The lowest BCUT2D eigenvalue weighted by atomic mass is 10.1. The minimum absolute atomic E-state index is 0.266. The van der Waals surface area contributed by atoms with Crippen molar-refractivity contribution in [2.24, 2.45) is 0 Å². The first-order valence-electron chi connectivity index (χ1n) is 8.95. The Hall–Kier alpha value is -1.73. The van der Waals surface area contributed by atoms with Crippen LogP contribution in [0, 0.1) is 3.57 Å². The molecule has 1 saturated heterocycles. The predicted molar refractivity (Wildman–Crippen MR) is 106 cm³/mol. The van der Waals surface area contributed by atoms with E-state index in [0.717, 1.165) is 3.57 Å². The van der Waals surface area contributed by atoms with Crippen molar-refractivity contribution in [2.45, 2.75) is 57.4 Å². The van der Waals surface area contributed by atoms with Gasteiger partial charge in [-0.05, 0) is 35.4 Å². The quantitative estimate of drug-likeness (QED) is 0.451. The molecule has 0 amide bonds. The molecule has 3 rings (SSSR count). The van der Waals surface area contributed by atoms with Gasteiger partial charge in [-0.2, -0.15) is 0 Å². The fraction of sp³-hybridized carbons (Fsp3) is 0.588. The topological polar surface area (TPSA) is 122 Å². The molecule has 3 heterocycles. The molecule has 0 unspecified atom stereocenters. The Balaban J connectivity index is 1.84. The largest absolute Gasteiger partial charge is 0.509 e. The van der Waals surface area contributed by atoms with E-state index in [4.69, 9.17) is 19.9 Å². The lowest BCUT2D eigenvalue weighted by molar-refractivity contribution is -0.0608. The Kier molecular flexibility index (Phi) is 6.55. The molecular formula is C17H22FIN4O5. The average molecular weight is 508 g/mol. The molecule has 154 valence electrons. The molecule has 0 bridgehead atoms. The van der Waals surface area contributed by atoms with Crippen LogP contribution in [0.15, 0.2) is 12.5 Å². The van der Waals surface area contributed by atoms with Crippen LogP contribution in [-0.4, -0.2) is 56.9 Å². The number of aliphatic hydroxyl groups excluding tert-OH is 1. The fourth-order valence-corrected chi connectivity index (χ4v) is 4.01. The Morgan fingerprint density at radius 2 is 2.18 bits per heavy atom. The van der Waals surface area contributed by atoms with Gasteiger partial charge in [-0.1, -0.05) is 13.8 Å². The van der Waals surface area contributed by atoms with Gasteiger partial charge in [0.15, 0.2) is 18.5 Å². The number of fused-ring (bicyclic) bond motifs is 1. The first-order valence-corrected chi connectivity index (χ1v) is 10.0. The second kappa shape index (κ2) is 8.74. The number of aromatic nitrogens is 3. The van der Waals surface area contributed by atoms with Crippen LogP contribution < -0.4 is 5.73 Å². The molecule has 11 heteroatoms. The molecule has 1 aliphatic rings. The van der Waals surface area contributed by atoms with Crippen LogP contribution in [0.5, 0.6) is 0 Å². The highest BCUT2D eigenvalue weighted by atomic mass is 127. The minimum atomic E-state index is -1.74. The maximum Gasteiger partial charge on any atom is 0.509 e. The van der Waals surface area contributed by atoms with Crippen molar-refractivity contribution in [3.63, 3.8) is 0 Å². The van der Waals surface area contributed by atoms with Gasteiger partial charge in [-0.25, -0.2) is 19.2 Å². The van der Waals surface area contributed by atoms with Crippen LogP contribution in [0.25, 0.3) is 11.0 Å². The number of hydrogen-bond donors (Lipinski definition) is 2. The van der Waals surface area contributed by atoms with E-state index in [-0.39, 0.29) is 11.9 Å². The summed E-state index contributed by atoms with van der Waals surface area (Å²) in [6.45, 7) is 3.22. The third-order valence-electron chi connectivity index (χ3n) is 4.72. The summed E-state index contributed by atoms with van der Waals surface area (Å²) in [5, 5.41) is 10.2. The van der Waals surface area contributed by atoms with E-state index in [1.54, 1.807) is 6.20 Å². The third-order valence-corrected chi connectivity index (χ3v) is 5.54. The first kappa shape index (κ1) is 21.0. The highest BCUT2D eigenvalue weighted by molar-refractivity contribution is 14.1. The third kappa shape index (κ3) is 3.87. The lowest BCUT2D eigenvalue weighted by Crippen LogP contribution is -2.36. The van der Waals surface area contributed by atoms with Crippen molar-refractivity contribution in [3.8, 4) is 0 Å². The van der Waals surface area contributed by atoms with Crippen LogP contribution in [0.1, 0.15) is 32.9 Å². The second-order valence-electron chi connectivity index (χ2n) is 6.42. The zero-order valence-electron chi connectivity index (χ0n) is 15.4. The van der Waals surface area contributed by atoms with E-state index in [1.807, 2.05) is 36.4 Å². The molecule has 3 N–H and O–H groups in total. The standard InChI is InChI=1S/C17H22FIN4O5/c1-3-8(4-2)26-17(25)28-13-10(6-24)27-16(12(13)18)23-5-9(19)11-14(20)21-7-22-15(11)23/h5,7-8,10,12-13,16,24H,3-4,6H2,1-2H3,(H2,20,21,22)/t10-,12+,13-,16-/m1/s1. The SMILES string of the molecule is CCC(CC)OC(=O)O[C@H]1[C@H](F)[C@H](n2cc(I)c3c(N)ncnc32)O[C@@H]1CO. The van der Waals surface area contributed by atoms with Crippen molar-refractivity contribution in [2.75, 3.05) is 12.3 Å². The van der Waals surface area contributed by atoms with Crippen molar-refractivity contribution < 1.29 is 28.5 Å². The van der Waals surface area contributed by atoms with Crippen LogP contribution >= 0.6 is 22.6 Å². The monoisotopic (exact) mass is 508 g/mol. The zero-order chi connectivity index (χ0) is 20.4. The number of carbonyl (C=O) groups is 1. The number of nitrogens with two attached hydrogens (primary N) is 1. The summed E-state index contributed by atoms with van der Waals surface area (Å²) in [7, 11) is 0. The van der Waals surface area contributed by atoms with E-state index in [0.29, 0.717) is 23.9 Å². The Morgan fingerprint density at radius 3 is 2.82 bits per heavy atom. The highest BCUT2D eigenvalue weighted by Crippen LogP contribution is 2.37. The summed E-state index contributed by atoms with van der Waals surface area (Å²) < 4.78 is 33.4. The summed E-state index contributed by atoms with van der Waals surface area (Å²) in [6, 6.07) is 0. The summed E-state index contributed by atoms with van der Waals surface area (Å²) >= 11 is 2.05. The van der Waals surface area contributed by atoms with Crippen molar-refractivity contribution in [3.05, 3.63) is 16.1 Å². The summed E-state index contributed by atoms with van der Waals surface area (Å²) in [6.07, 6.45) is -2.40. The number of anilines is 1. The maximum absolute atomic E-state index is 15.2. The summed E-state index contributed by atoms with van der Waals surface area (Å²) in [5.74, 6) is 0.266. The lowest BCUT2D eigenvalue weighted by Gasteiger charge is -2.20. The number of ether oxygens (including phenoxy) is 3. The van der Waals surface area contributed by atoms with Crippen molar-refractivity contribution >= 4 is 45.6 Å². The van der Waals surface area contributed by atoms with Gasteiger partial charge in [0.25, 0.3) is 0 Å². The number of nitrogens with zero attached hydrogens (tertiary/aromatic N) is 3. The van der Waals surface area contributed by atoms with Gasteiger partial charge in [0, 0.05) is 9.77 Å². The number of aliphatic hydroxyl groups is 1. The molecular weight excluding hydrogens is 486 g/mol. The van der Waals surface area contributed by atoms with Gasteiger partial charge in [0.05, 0.1) is 12.0 Å². The number of rotatable bonds is 6. The Morgan fingerprint density at radius 1 is 1.46 bits per heavy atom. The van der Waals surface area contributed by atoms with Crippen LogP contribution in [0.2, 0.25) is 0 Å². The van der Waals surface area contributed by atoms with Gasteiger partial charge >= 0.3 is 6.16 Å². The number of alkyl halides is 1. The number of carbonyl (C=O) groups excluding carboxylic acids is 1. The van der Waals surface area contributed by atoms with Crippen molar-refractivity contribution in [1.82, 2.24) is 14.5 Å². The Bertz CT molecular complexity index is 846. The molecule has 0 radical (unpaired) electrons. The maximum atomic E-state index is 15.2. The molecule has 1 aliphatic heterocycles. The molecule has 0 saturated carbocycles. The Labute approximate surface area is 174 Å². The number of nitrogen functional groups attached to an aromatic ring is 1. The van der Waals surface area contributed by atoms with E-state index in [2.05, 4.69) is 9.97 Å². The van der Waals surface area contributed by atoms with Gasteiger partial charge < -0.3 is 29.6 Å². The van der Waals surface area contributed by atoms with Gasteiger partial charge in [0.1, 0.15) is 30.0 Å². The fourth-order valence-electron chi connectivity index (χ4n) is 3.19. The first-order chi connectivity index (χ1) is 13.4. The molecule has 9 nitrogen and oxygen atoms in total. The predicted octanol–water partition coefficient (Wildman–Crippen LogP) is 2.56. The van der Waals surface area contributed by atoms with E-state index >= 15 is 4.39 Å². The van der Waals surface area contributed by atoms with E-state index in [9.17, 15) is 9.90 Å². The molecule has 1 fully saturated rings. The summed E-state index contributed by atoms with van der Waals surface area (Å²) in [5.41, 5.74) is 6.28. The van der Waals surface area contributed by atoms with Crippen molar-refractivity contribution in [1.29, 1.82) is 0 Å². The van der Waals surface area contributed by atoms with Gasteiger partial charge in [-0.15, -0.1) is 0 Å². The molecule has 4 atom stereocenters. The van der Waals surface area contributed by atoms with Crippen LogP contribution in [-0.2, 0) is 14.2 Å². The number of halogens is 2. The molecule has 2 aromatic heterocycles. The molecule has 0 aromatic carbocycles. The van der Waals surface area contributed by atoms with Crippen LogP contribution in [0.3, 0.4) is 0 Å². The highest BCUT2D eigenvalue weighted by Gasteiger charge is 2.49. The summed E-state index contributed by atoms with van der Waals surface area (Å²) in [4.78, 5) is 20.2. The van der Waals surface area contributed by atoms with Gasteiger partial charge in [-0.3, -0.25) is 0 Å². The van der Waals surface area contributed by atoms with E-state index in [1.165, 1.54) is 10.9 Å². The van der Waals surface area contributed by atoms with Crippen LogP contribution in [0.4, 0.5) is 15.0 Å². The molecule has 2 aromatic rings. The minimum Gasteiger partial charge on any atom is -0.431 e. The molecule has 0 spiro atoms. The second-order valence-corrected chi connectivity index (χ2v) is 7.58. The smallest absolute Gasteiger partial charge is 0.431 e. The zero-order valence-corrected chi connectivity index (χ0v) is 17.6. The van der Waals surface area contributed by atoms with E-state index < -0.39 is 37.4 Å². The van der Waals surface area contributed by atoms with Gasteiger partial charge in [0.2, 0.25) is 0 Å². The molecule has 28 heavy (non-hydrogen) atoms. The molecule has 0 aliphatic carbocycles.